The van der Waals surface area contributed by atoms with E-state index >= 15 is 0 Å². The third-order valence-corrected chi connectivity index (χ3v) is 4.41. The Hall–Kier alpha value is -1.45. The molecule has 0 amide bonds. The minimum Gasteiger partial charge on any atom is -0.373 e. The van der Waals surface area contributed by atoms with Gasteiger partial charge >= 0.3 is 0 Å². The molecule has 1 aromatic carbocycles. The normalized spacial score (nSPS) is 29.2. The van der Waals surface area contributed by atoms with Crippen molar-refractivity contribution in [3.05, 3.63) is 42.2 Å². The van der Waals surface area contributed by atoms with Crippen molar-refractivity contribution < 1.29 is 4.74 Å². The van der Waals surface area contributed by atoms with Crippen LogP contribution in [0.15, 0.2) is 36.7 Å². The summed E-state index contributed by atoms with van der Waals surface area (Å²) in [7, 11) is 0. The van der Waals surface area contributed by atoms with Gasteiger partial charge in [0.25, 0.3) is 0 Å². The van der Waals surface area contributed by atoms with Crippen molar-refractivity contribution in [1.82, 2.24) is 10.3 Å². The first-order valence-electron chi connectivity index (χ1n) is 7.10. The SMILES string of the molecule is c1ccc2c(CNC3CC4CCC3O4)cncc2c1. The number of nitrogens with one attached hydrogen (secondary N) is 1. The van der Waals surface area contributed by atoms with Gasteiger partial charge in [-0.2, -0.15) is 0 Å². The number of nitrogens with zero attached hydrogens (tertiary/aromatic N) is 1. The van der Waals surface area contributed by atoms with Gasteiger partial charge in [0.15, 0.2) is 0 Å². The second-order valence-electron chi connectivity index (χ2n) is 5.62. The molecule has 2 bridgehead atoms. The monoisotopic (exact) mass is 254 g/mol. The summed E-state index contributed by atoms with van der Waals surface area (Å²) >= 11 is 0. The highest BCUT2D eigenvalue weighted by atomic mass is 16.5. The molecule has 1 N–H and O–H groups in total. The highest BCUT2D eigenvalue weighted by molar-refractivity contribution is 5.84. The lowest BCUT2D eigenvalue weighted by atomic mass is 9.95. The molecule has 2 aliphatic heterocycles. The number of pyridine rings is 1. The van der Waals surface area contributed by atoms with Gasteiger partial charge < -0.3 is 10.1 Å². The molecule has 19 heavy (non-hydrogen) atoms. The molecule has 3 heterocycles. The highest BCUT2D eigenvalue weighted by Crippen LogP contribution is 2.34. The number of hydrogen-bond donors (Lipinski definition) is 1. The number of hydrogen-bond acceptors (Lipinski definition) is 3. The first kappa shape index (κ1) is 11.4. The third-order valence-electron chi connectivity index (χ3n) is 4.41. The number of fused-ring (bicyclic) bond motifs is 3. The van der Waals surface area contributed by atoms with E-state index in [1.165, 1.54) is 35.6 Å². The average molecular weight is 254 g/mol. The Kier molecular flexibility index (Phi) is 2.75. The molecule has 3 unspecified atom stereocenters. The Morgan fingerprint density at radius 1 is 1.21 bits per heavy atom. The second-order valence-corrected chi connectivity index (χ2v) is 5.62. The van der Waals surface area contributed by atoms with Gasteiger partial charge in [-0.05, 0) is 30.2 Å². The smallest absolute Gasteiger partial charge is 0.0733 e. The van der Waals surface area contributed by atoms with Gasteiger partial charge in [0.1, 0.15) is 0 Å². The van der Waals surface area contributed by atoms with Crippen LogP contribution < -0.4 is 5.32 Å². The van der Waals surface area contributed by atoms with Crippen LogP contribution >= 0.6 is 0 Å². The number of benzene rings is 1. The van der Waals surface area contributed by atoms with Crippen LogP contribution in [0.3, 0.4) is 0 Å². The van der Waals surface area contributed by atoms with Crippen LogP contribution in [0.1, 0.15) is 24.8 Å². The van der Waals surface area contributed by atoms with Crippen molar-refractivity contribution in [2.24, 2.45) is 0 Å². The molecule has 3 atom stereocenters. The minimum absolute atomic E-state index is 0.438. The van der Waals surface area contributed by atoms with Crippen LogP contribution in [-0.2, 0) is 11.3 Å². The summed E-state index contributed by atoms with van der Waals surface area (Å²) in [6.45, 7) is 0.881. The largest absolute Gasteiger partial charge is 0.373 e. The fourth-order valence-corrected chi connectivity index (χ4v) is 3.41. The van der Waals surface area contributed by atoms with E-state index in [2.05, 4.69) is 34.6 Å². The molecule has 0 radical (unpaired) electrons. The summed E-state index contributed by atoms with van der Waals surface area (Å²) in [5, 5.41) is 6.17. The number of aromatic nitrogens is 1. The van der Waals surface area contributed by atoms with Crippen LogP contribution in [0.4, 0.5) is 0 Å². The molecule has 4 rings (SSSR count). The molecule has 0 aliphatic carbocycles. The lowest BCUT2D eigenvalue weighted by Crippen LogP contribution is -2.37. The highest BCUT2D eigenvalue weighted by Gasteiger charge is 2.40. The zero-order valence-electron chi connectivity index (χ0n) is 10.9. The van der Waals surface area contributed by atoms with Crippen molar-refractivity contribution in [2.75, 3.05) is 0 Å². The third kappa shape index (κ3) is 2.03. The zero-order chi connectivity index (χ0) is 12.7. The minimum atomic E-state index is 0.438. The maximum Gasteiger partial charge on any atom is 0.0733 e. The molecule has 2 aliphatic rings. The lowest BCUT2D eigenvalue weighted by Gasteiger charge is -2.20. The van der Waals surface area contributed by atoms with Crippen LogP contribution in [-0.4, -0.2) is 23.2 Å². The maximum atomic E-state index is 5.88. The van der Waals surface area contributed by atoms with Crippen molar-refractivity contribution in [1.29, 1.82) is 0 Å². The lowest BCUT2D eigenvalue weighted by molar-refractivity contribution is 0.0973. The van der Waals surface area contributed by atoms with Gasteiger partial charge in [0.2, 0.25) is 0 Å². The Balaban J connectivity index is 1.52. The van der Waals surface area contributed by atoms with Crippen molar-refractivity contribution in [2.45, 2.75) is 44.1 Å². The second kappa shape index (κ2) is 4.58. The predicted molar refractivity (Wildman–Crippen MR) is 74.9 cm³/mol. The van der Waals surface area contributed by atoms with Crippen LogP contribution in [0.2, 0.25) is 0 Å². The summed E-state index contributed by atoms with van der Waals surface area (Å²) in [5.74, 6) is 0. The van der Waals surface area contributed by atoms with E-state index < -0.39 is 0 Å². The van der Waals surface area contributed by atoms with Gasteiger partial charge in [-0.15, -0.1) is 0 Å². The summed E-state index contributed by atoms with van der Waals surface area (Å²) < 4.78 is 5.88. The quantitative estimate of drug-likeness (QED) is 0.914. The van der Waals surface area contributed by atoms with E-state index in [-0.39, 0.29) is 0 Å². The van der Waals surface area contributed by atoms with Crippen molar-refractivity contribution >= 4 is 10.8 Å². The molecular weight excluding hydrogens is 236 g/mol. The average Bonchev–Trinajstić information content (AvgIpc) is 3.07. The van der Waals surface area contributed by atoms with E-state index in [0.717, 1.165) is 6.54 Å². The van der Waals surface area contributed by atoms with E-state index in [9.17, 15) is 0 Å². The van der Waals surface area contributed by atoms with Gasteiger partial charge in [0, 0.05) is 30.4 Å². The standard InChI is InChI=1S/C16H18N2O/c1-2-4-14-11(3-1)8-17-9-12(14)10-18-15-7-13-5-6-16(15)19-13/h1-4,8-9,13,15-16,18H,5-7,10H2. The number of ether oxygens (including phenoxy) is 1. The molecular formula is C16H18N2O. The fraction of sp³-hybridized carbons (Fsp3) is 0.438. The molecule has 2 aromatic rings. The van der Waals surface area contributed by atoms with E-state index in [1.54, 1.807) is 0 Å². The summed E-state index contributed by atoms with van der Waals surface area (Å²) in [4.78, 5) is 4.33. The molecule has 98 valence electrons. The molecule has 2 fully saturated rings. The maximum absolute atomic E-state index is 5.88. The van der Waals surface area contributed by atoms with E-state index in [1.807, 2.05) is 12.4 Å². The Morgan fingerprint density at radius 2 is 2.16 bits per heavy atom. The first-order chi connectivity index (χ1) is 9.40. The Bertz CT molecular complexity index is 593. The van der Waals surface area contributed by atoms with Gasteiger partial charge in [0.05, 0.1) is 12.2 Å². The summed E-state index contributed by atoms with van der Waals surface area (Å²) in [5.41, 5.74) is 1.28. The van der Waals surface area contributed by atoms with Gasteiger partial charge in [-0.25, -0.2) is 0 Å². The van der Waals surface area contributed by atoms with Crippen molar-refractivity contribution in [3.63, 3.8) is 0 Å². The molecule has 0 saturated carbocycles. The number of rotatable bonds is 3. The first-order valence-corrected chi connectivity index (χ1v) is 7.10. The predicted octanol–water partition coefficient (Wildman–Crippen LogP) is 2.64. The van der Waals surface area contributed by atoms with Gasteiger partial charge in [-0.1, -0.05) is 24.3 Å². The molecule has 1 aromatic heterocycles. The van der Waals surface area contributed by atoms with E-state index in [0.29, 0.717) is 18.2 Å². The Labute approximate surface area is 113 Å². The molecule has 2 saturated heterocycles. The van der Waals surface area contributed by atoms with Crippen LogP contribution in [0.5, 0.6) is 0 Å². The van der Waals surface area contributed by atoms with Crippen LogP contribution in [0.25, 0.3) is 10.8 Å². The Morgan fingerprint density at radius 3 is 3.00 bits per heavy atom. The molecule has 3 heteroatoms. The zero-order valence-corrected chi connectivity index (χ0v) is 10.9. The fourth-order valence-electron chi connectivity index (χ4n) is 3.41. The van der Waals surface area contributed by atoms with E-state index in [4.69, 9.17) is 4.74 Å². The van der Waals surface area contributed by atoms with Gasteiger partial charge in [-0.3, -0.25) is 4.98 Å². The molecule has 3 nitrogen and oxygen atoms in total. The van der Waals surface area contributed by atoms with Crippen LogP contribution in [0, 0.1) is 0 Å². The molecule has 0 spiro atoms. The van der Waals surface area contributed by atoms with Crippen molar-refractivity contribution in [3.8, 4) is 0 Å². The summed E-state index contributed by atoms with van der Waals surface area (Å²) in [6, 6.07) is 8.97. The summed E-state index contributed by atoms with van der Waals surface area (Å²) in [6.07, 6.45) is 8.49. The topological polar surface area (TPSA) is 34.1 Å².